The van der Waals surface area contributed by atoms with Gasteiger partial charge in [-0.25, -0.2) is 9.59 Å². The molecule has 1 aliphatic carbocycles. The Balaban J connectivity index is 1.58. The first-order chi connectivity index (χ1) is 20.9. The average Bonchev–Trinajstić information content (AvgIpc) is 3.61. The van der Waals surface area contributed by atoms with E-state index in [1.165, 1.54) is 6.07 Å². The lowest BCUT2D eigenvalue weighted by Crippen LogP contribution is -2.27. The Hall–Kier alpha value is -5.18. The van der Waals surface area contributed by atoms with Gasteiger partial charge >= 0.3 is 12.1 Å². The summed E-state index contributed by atoms with van der Waals surface area (Å²) in [4.78, 5) is 24.1. The van der Waals surface area contributed by atoms with Crippen molar-refractivity contribution in [2.75, 3.05) is 20.5 Å². The second-order valence-electron chi connectivity index (χ2n) is 10.4. The highest BCUT2D eigenvalue weighted by molar-refractivity contribution is 5.90. The summed E-state index contributed by atoms with van der Waals surface area (Å²) in [5, 5.41) is 19.7. The molecule has 6 rings (SSSR count). The number of carbonyl (C=O) groups is 2. The van der Waals surface area contributed by atoms with Crippen molar-refractivity contribution in [2.24, 2.45) is 0 Å². The quantitative estimate of drug-likeness (QED) is 0.203. The van der Waals surface area contributed by atoms with Crippen LogP contribution in [0.3, 0.4) is 0 Å². The molecule has 2 N–H and O–H groups in total. The second-order valence-corrected chi connectivity index (χ2v) is 10.4. The van der Waals surface area contributed by atoms with Gasteiger partial charge in [-0.2, -0.15) is 0 Å². The largest absolute Gasteiger partial charge is 0.506 e. The van der Waals surface area contributed by atoms with E-state index in [4.69, 9.17) is 23.7 Å². The van der Waals surface area contributed by atoms with Crippen LogP contribution >= 0.6 is 0 Å². The Morgan fingerprint density at radius 3 is 2.40 bits per heavy atom. The van der Waals surface area contributed by atoms with Gasteiger partial charge < -0.3 is 33.9 Å². The molecule has 1 aliphatic heterocycles. The second kappa shape index (κ2) is 11.6. The molecule has 0 radical (unpaired) electrons. The average molecular weight is 583 g/mol. The standard InChI is InChI=1S/C34H30O9/c1-3-13-40-23-9-11-25-27(17-23)31(32(43-34(37)38)30(25)20-7-12-28-29(15-20)42-18-41-28)24-10-8-22(39-2)16-26(24)19-5-4-6-21(14-19)33(35)36/h4-12,14-17,30-32H,3,13,18H2,1-2H3,(H,35,36)(H,37,38). The van der Waals surface area contributed by atoms with Crippen LogP contribution in [0.5, 0.6) is 23.0 Å². The summed E-state index contributed by atoms with van der Waals surface area (Å²) in [6, 6.07) is 23.5. The van der Waals surface area contributed by atoms with Gasteiger partial charge in [-0.3, -0.25) is 0 Å². The predicted molar refractivity (Wildman–Crippen MR) is 157 cm³/mol. The Morgan fingerprint density at radius 1 is 0.837 bits per heavy atom. The molecule has 4 aromatic carbocycles. The fourth-order valence-corrected chi connectivity index (χ4v) is 6.04. The molecule has 4 aromatic rings. The normalized spacial score (nSPS) is 18.1. The van der Waals surface area contributed by atoms with Gasteiger partial charge in [0.15, 0.2) is 11.5 Å². The number of benzene rings is 4. The van der Waals surface area contributed by atoms with Crippen molar-refractivity contribution in [3.63, 3.8) is 0 Å². The van der Waals surface area contributed by atoms with E-state index in [1.807, 2.05) is 67.6 Å². The topological polar surface area (TPSA) is 121 Å². The highest BCUT2D eigenvalue weighted by Gasteiger charge is 2.46. The third-order valence-corrected chi connectivity index (χ3v) is 7.87. The van der Waals surface area contributed by atoms with Crippen molar-refractivity contribution in [2.45, 2.75) is 31.3 Å². The number of methoxy groups -OCH3 is 1. The summed E-state index contributed by atoms with van der Waals surface area (Å²) in [5.41, 5.74) is 4.78. The molecule has 220 valence electrons. The van der Waals surface area contributed by atoms with Crippen LogP contribution in [0.25, 0.3) is 11.1 Å². The monoisotopic (exact) mass is 582 g/mol. The number of ether oxygens (including phenoxy) is 5. The summed E-state index contributed by atoms with van der Waals surface area (Å²) in [6.45, 7) is 2.66. The number of carboxylic acid groups (broad SMARTS) is 2. The maximum atomic E-state index is 12.3. The number of rotatable bonds is 9. The molecule has 0 aromatic heterocycles. The Labute approximate surface area is 248 Å². The first-order valence-electron chi connectivity index (χ1n) is 14.0. The van der Waals surface area contributed by atoms with Crippen LogP contribution in [0.1, 0.15) is 57.8 Å². The van der Waals surface area contributed by atoms with E-state index in [9.17, 15) is 19.8 Å². The molecular formula is C34H30O9. The molecule has 0 bridgehead atoms. The summed E-state index contributed by atoms with van der Waals surface area (Å²) in [5.74, 6) is 0.329. The highest BCUT2D eigenvalue weighted by atomic mass is 16.7. The smallest absolute Gasteiger partial charge is 0.497 e. The number of hydrogen-bond donors (Lipinski definition) is 2. The molecule has 0 saturated carbocycles. The molecule has 2 aliphatic rings. The molecule has 3 unspecified atom stereocenters. The number of carboxylic acids is 1. The molecular weight excluding hydrogens is 552 g/mol. The van der Waals surface area contributed by atoms with Crippen LogP contribution in [0.2, 0.25) is 0 Å². The van der Waals surface area contributed by atoms with Gasteiger partial charge in [0.05, 0.1) is 19.3 Å². The number of fused-ring (bicyclic) bond motifs is 2. The highest BCUT2D eigenvalue weighted by Crippen LogP contribution is 2.53. The van der Waals surface area contributed by atoms with Crippen molar-refractivity contribution in [3.8, 4) is 34.1 Å². The third kappa shape index (κ3) is 5.30. The van der Waals surface area contributed by atoms with Crippen molar-refractivity contribution in [1.82, 2.24) is 0 Å². The SMILES string of the molecule is CCCOc1ccc2c(c1)C(c1ccc(OC)cc1-c1cccc(C(=O)O)c1)C(OC(=O)O)C2c1ccc2c(c1)OCO2. The summed E-state index contributed by atoms with van der Waals surface area (Å²) < 4.78 is 28.5. The van der Waals surface area contributed by atoms with Crippen LogP contribution < -0.4 is 18.9 Å². The lowest BCUT2D eigenvalue weighted by molar-refractivity contribution is 0.0433. The first kappa shape index (κ1) is 28.0. The van der Waals surface area contributed by atoms with Crippen LogP contribution in [0, 0.1) is 0 Å². The molecule has 3 atom stereocenters. The number of hydrogen-bond acceptors (Lipinski definition) is 7. The van der Waals surface area contributed by atoms with E-state index >= 15 is 0 Å². The molecule has 9 nitrogen and oxygen atoms in total. The van der Waals surface area contributed by atoms with Gasteiger partial charge in [0.1, 0.15) is 17.6 Å². The van der Waals surface area contributed by atoms with Crippen LogP contribution in [-0.2, 0) is 4.74 Å². The van der Waals surface area contributed by atoms with Crippen molar-refractivity contribution < 1.29 is 43.5 Å². The van der Waals surface area contributed by atoms with Crippen molar-refractivity contribution in [3.05, 3.63) is 107 Å². The zero-order valence-electron chi connectivity index (χ0n) is 23.6. The molecule has 9 heteroatoms. The molecule has 0 spiro atoms. The first-order valence-corrected chi connectivity index (χ1v) is 14.0. The van der Waals surface area contributed by atoms with Crippen LogP contribution in [0.15, 0.2) is 78.9 Å². The van der Waals surface area contributed by atoms with Gasteiger partial charge in [0, 0.05) is 11.8 Å². The summed E-state index contributed by atoms with van der Waals surface area (Å²) >= 11 is 0. The van der Waals surface area contributed by atoms with Crippen molar-refractivity contribution in [1.29, 1.82) is 0 Å². The van der Waals surface area contributed by atoms with Gasteiger partial charge in [-0.05, 0) is 88.3 Å². The third-order valence-electron chi connectivity index (χ3n) is 7.87. The van der Waals surface area contributed by atoms with E-state index < -0.39 is 30.1 Å². The molecule has 1 heterocycles. The summed E-state index contributed by atoms with van der Waals surface area (Å²) in [6.07, 6.45) is -1.45. The minimum absolute atomic E-state index is 0.112. The zero-order chi connectivity index (χ0) is 30.1. The van der Waals surface area contributed by atoms with Gasteiger partial charge in [0.2, 0.25) is 6.79 Å². The van der Waals surface area contributed by atoms with E-state index in [1.54, 1.807) is 19.2 Å². The van der Waals surface area contributed by atoms with Gasteiger partial charge in [-0.1, -0.05) is 37.3 Å². The Kier molecular flexibility index (Phi) is 7.54. The van der Waals surface area contributed by atoms with Gasteiger partial charge in [0.25, 0.3) is 0 Å². The fourth-order valence-electron chi connectivity index (χ4n) is 6.04. The lowest BCUT2D eigenvalue weighted by Gasteiger charge is -2.27. The predicted octanol–water partition coefficient (Wildman–Crippen LogP) is 6.92. The van der Waals surface area contributed by atoms with E-state index in [0.29, 0.717) is 40.7 Å². The Bertz CT molecular complexity index is 1700. The van der Waals surface area contributed by atoms with Crippen molar-refractivity contribution >= 4 is 12.1 Å². The number of aromatic carboxylic acids is 1. The van der Waals surface area contributed by atoms with Crippen LogP contribution in [-0.4, -0.2) is 49.0 Å². The van der Waals surface area contributed by atoms with Crippen LogP contribution in [0.4, 0.5) is 4.79 Å². The van der Waals surface area contributed by atoms with E-state index in [2.05, 4.69) is 0 Å². The molecule has 43 heavy (non-hydrogen) atoms. The Morgan fingerprint density at radius 2 is 1.63 bits per heavy atom. The molecule has 0 saturated heterocycles. The van der Waals surface area contributed by atoms with E-state index in [0.717, 1.165) is 28.7 Å². The minimum atomic E-state index is -1.40. The van der Waals surface area contributed by atoms with Gasteiger partial charge in [-0.15, -0.1) is 0 Å². The zero-order valence-corrected chi connectivity index (χ0v) is 23.6. The minimum Gasteiger partial charge on any atom is -0.497 e. The molecule has 0 amide bonds. The summed E-state index contributed by atoms with van der Waals surface area (Å²) in [7, 11) is 1.56. The van der Waals surface area contributed by atoms with E-state index in [-0.39, 0.29) is 12.4 Å². The maximum absolute atomic E-state index is 12.3. The molecule has 0 fully saturated rings. The lowest BCUT2D eigenvalue weighted by atomic mass is 9.83. The maximum Gasteiger partial charge on any atom is 0.506 e. The fraction of sp³-hybridized carbons (Fsp3) is 0.235.